The highest BCUT2D eigenvalue weighted by atomic mass is 16.7. The molecule has 3 rings (SSSR count). The summed E-state index contributed by atoms with van der Waals surface area (Å²) in [5, 5.41) is 6.82. The van der Waals surface area contributed by atoms with Crippen molar-refractivity contribution in [2.45, 2.75) is 20.4 Å². The maximum Gasteiger partial charge on any atom is 0.231 e. The van der Waals surface area contributed by atoms with Crippen molar-refractivity contribution in [3.05, 3.63) is 23.8 Å². The second kappa shape index (κ2) is 9.80. The van der Waals surface area contributed by atoms with Crippen LogP contribution in [0.15, 0.2) is 23.2 Å². The molecule has 1 aromatic carbocycles. The summed E-state index contributed by atoms with van der Waals surface area (Å²) in [6, 6.07) is 5.99. The van der Waals surface area contributed by atoms with Gasteiger partial charge >= 0.3 is 0 Å². The number of likely N-dealkylation sites (N-methyl/N-ethyl adjacent to an activating group) is 1. The summed E-state index contributed by atoms with van der Waals surface area (Å²) in [7, 11) is 2.20. The van der Waals surface area contributed by atoms with Gasteiger partial charge in [-0.15, -0.1) is 0 Å². The molecule has 2 heterocycles. The van der Waals surface area contributed by atoms with Crippen molar-refractivity contribution in [1.82, 2.24) is 20.4 Å². The van der Waals surface area contributed by atoms with Crippen molar-refractivity contribution in [3.63, 3.8) is 0 Å². The predicted molar refractivity (Wildman–Crippen MR) is 108 cm³/mol. The Morgan fingerprint density at radius 3 is 2.70 bits per heavy atom. The Kier molecular flexibility index (Phi) is 7.18. The van der Waals surface area contributed by atoms with Crippen LogP contribution in [0, 0.1) is 5.92 Å². The molecular formula is C20H33N5O2. The minimum atomic E-state index is 0.303. The van der Waals surface area contributed by atoms with Crippen LogP contribution in [-0.2, 0) is 6.54 Å². The van der Waals surface area contributed by atoms with Crippen molar-refractivity contribution >= 4 is 5.96 Å². The standard InChI is InChI=1S/C20H33N5O2/c1-4-21-20(22-12-16(2)14-25-9-7-24(3)8-10-25)23-13-17-5-6-18-19(11-17)27-15-26-18/h5-6,11,16H,4,7-10,12-15H2,1-3H3,(H2,21,22,23). The van der Waals surface area contributed by atoms with E-state index in [4.69, 9.17) is 14.5 Å². The maximum atomic E-state index is 5.44. The van der Waals surface area contributed by atoms with E-state index >= 15 is 0 Å². The minimum absolute atomic E-state index is 0.303. The SMILES string of the molecule is CCNC(=NCc1ccc2c(c1)OCO2)NCC(C)CN1CCN(C)CC1. The summed E-state index contributed by atoms with van der Waals surface area (Å²) < 4.78 is 10.8. The lowest BCUT2D eigenvalue weighted by atomic mass is 10.1. The molecule has 2 aliphatic heterocycles. The summed E-state index contributed by atoms with van der Waals surface area (Å²) in [4.78, 5) is 9.67. The number of hydrogen-bond acceptors (Lipinski definition) is 5. The molecule has 1 unspecified atom stereocenters. The van der Waals surface area contributed by atoms with Crippen molar-refractivity contribution in [1.29, 1.82) is 0 Å². The lowest BCUT2D eigenvalue weighted by Gasteiger charge is -2.34. The van der Waals surface area contributed by atoms with Gasteiger partial charge in [-0.05, 0) is 37.6 Å². The van der Waals surface area contributed by atoms with Gasteiger partial charge in [-0.1, -0.05) is 13.0 Å². The first-order valence-corrected chi connectivity index (χ1v) is 9.95. The number of hydrogen-bond donors (Lipinski definition) is 2. The molecule has 0 aromatic heterocycles. The summed E-state index contributed by atoms with van der Waals surface area (Å²) in [5.74, 6) is 3.05. The highest BCUT2D eigenvalue weighted by molar-refractivity contribution is 5.79. The van der Waals surface area contributed by atoms with E-state index in [1.807, 2.05) is 18.2 Å². The summed E-state index contributed by atoms with van der Waals surface area (Å²) in [5.41, 5.74) is 1.11. The average molecular weight is 376 g/mol. The molecule has 7 nitrogen and oxygen atoms in total. The fourth-order valence-electron chi connectivity index (χ4n) is 3.36. The number of nitrogens with one attached hydrogen (secondary N) is 2. The zero-order chi connectivity index (χ0) is 19.1. The van der Waals surface area contributed by atoms with Crippen molar-refractivity contribution in [3.8, 4) is 11.5 Å². The molecule has 150 valence electrons. The third-order valence-electron chi connectivity index (χ3n) is 4.98. The molecule has 1 fully saturated rings. The molecule has 0 saturated carbocycles. The molecule has 1 saturated heterocycles. The van der Waals surface area contributed by atoms with Gasteiger partial charge in [0, 0.05) is 45.8 Å². The van der Waals surface area contributed by atoms with Crippen LogP contribution in [0.2, 0.25) is 0 Å². The molecule has 0 bridgehead atoms. The second-order valence-corrected chi connectivity index (χ2v) is 7.47. The quantitative estimate of drug-likeness (QED) is 0.554. The van der Waals surface area contributed by atoms with Gasteiger partial charge in [-0.25, -0.2) is 4.99 Å². The molecule has 2 N–H and O–H groups in total. The molecule has 0 aliphatic carbocycles. The van der Waals surface area contributed by atoms with E-state index in [9.17, 15) is 0 Å². The van der Waals surface area contributed by atoms with E-state index in [0.29, 0.717) is 19.3 Å². The van der Waals surface area contributed by atoms with Gasteiger partial charge in [-0.2, -0.15) is 0 Å². The molecule has 1 atom stereocenters. The second-order valence-electron chi connectivity index (χ2n) is 7.47. The third-order valence-corrected chi connectivity index (χ3v) is 4.98. The Morgan fingerprint density at radius 2 is 1.93 bits per heavy atom. The molecular weight excluding hydrogens is 342 g/mol. The Hall–Kier alpha value is -1.99. The zero-order valence-electron chi connectivity index (χ0n) is 16.8. The number of guanidine groups is 1. The fraction of sp³-hybridized carbons (Fsp3) is 0.650. The zero-order valence-corrected chi connectivity index (χ0v) is 16.8. The molecule has 0 spiro atoms. The van der Waals surface area contributed by atoms with E-state index < -0.39 is 0 Å². The lowest BCUT2D eigenvalue weighted by molar-refractivity contribution is 0.139. The van der Waals surface area contributed by atoms with Gasteiger partial charge < -0.3 is 29.9 Å². The average Bonchev–Trinajstić information content (AvgIpc) is 3.13. The number of benzene rings is 1. The smallest absolute Gasteiger partial charge is 0.231 e. The number of aliphatic imine (C=N–C) groups is 1. The normalized spacial score (nSPS) is 19.1. The first-order chi connectivity index (χ1) is 13.1. The topological polar surface area (TPSA) is 61.4 Å². The monoisotopic (exact) mass is 375 g/mol. The summed E-state index contributed by atoms with van der Waals surface area (Å²) in [6.45, 7) is 12.9. The van der Waals surface area contributed by atoms with Crippen molar-refractivity contribution in [2.75, 3.05) is 59.7 Å². The van der Waals surface area contributed by atoms with Gasteiger partial charge in [0.25, 0.3) is 0 Å². The Balaban J connectivity index is 1.47. The van der Waals surface area contributed by atoms with Crippen LogP contribution < -0.4 is 20.1 Å². The number of nitrogens with zero attached hydrogens (tertiary/aromatic N) is 3. The third kappa shape index (κ3) is 6.01. The van der Waals surface area contributed by atoms with Crippen LogP contribution in [0.5, 0.6) is 11.5 Å². The lowest BCUT2D eigenvalue weighted by Crippen LogP contribution is -2.47. The van der Waals surface area contributed by atoms with E-state index in [-0.39, 0.29) is 0 Å². The van der Waals surface area contributed by atoms with E-state index in [0.717, 1.165) is 42.7 Å². The first kappa shape index (κ1) is 19.8. The van der Waals surface area contributed by atoms with Crippen LogP contribution in [0.1, 0.15) is 19.4 Å². The highest BCUT2D eigenvalue weighted by Gasteiger charge is 2.16. The number of ether oxygens (including phenoxy) is 2. The van der Waals surface area contributed by atoms with Gasteiger partial charge in [0.2, 0.25) is 6.79 Å². The molecule has 7 heteroatoms. The molecule has 2 aliphatic rings. The van der Waals surface area contributed by atoms with Crippen LogP contribution in [0.4, 0.5) is 0 Å². The molecule has 0 amide bonds. The Morgan fingerprint density at radius 1 is 1.15 bits per heavy atom. The van der Waals surface area contributed by atoms with E-state index in [2.05, 4.69) is 41.3 Å². The van der Waals surface area contributed by atoms with Crippen LogP contribution in [0.25, 0.3) is 0 Å². The Bertz CT molecular complexity index is 629. The molecule has 0 radical (unpaired) electrons. The van der Waals surface area contributed by atoms with Gasteiger partial charge in [0.15, 0.2) is 17.5 Å². The summed E-state index contributed by atoms with van der Waals surface area (Å²) >= 11 is 0. The van der Waals surface area contributed by atoms with Crippen LogP contribution in [-0.4, -0.2) is 75.4 Å². The predicted octanol–water partition coefficient (Wildman–Crippen LogP) is 1.35. The van der Waals surface area contributed by atoms with E-state index in [1.54, 1.807) is 0 Å². The van der Waals surface area contributed by atoms with Gasteiger partial charge in [-0.3, -0.25) is 0 Å². The van der Waals surface area contributed by atoms with E-state index in [1.165, 1.54) is 26.2 Å². The summed E-state index contributed by atoms with van der Waals surface area (Å²) in [6.07, 6.45) is 0. The largest absolute Gasteiger partial charge is 0.454 e. The number of fused-ring (bicyclic) bond motifs is 1. The van der Waals surface area contributed by atoms with Crippen molar-refractivity contribution < 1.29 is 9.47 Å². The Labute approximate surface area is 162 Å². The maximum absolute atomic E-state index is 5.44. The first-order valence-electron chi connectivity index (χ1n) is 9.95. The molecule has 27 heavy (non-hydrogen) atoms. The number of piperazine rings is 1. The van der Waals surface area contributed by atoms with Gasteiger partial charge in [0.1, 0.15) is 0 Å². The minimum Gasteiger partial charge on any atom is -0.454 e. The van der Waals surface area contributed by atoms with Crippen molar-refractivity contribution in [2.24, 2.45) is 10.9 Å². The van der Waals surface area contributed by atoms with Crippen LogP contribution in [0.3, 0.4) is 0 Å². The van der Waals surface area contributed by atoms with Gasteiger partial charge in [0.05, 0.1) is 6.54 Å². The highest BCUT2D eigenvalue weighted by Crippen LogP contribution is 2.32. The fourth-order valence-corrected chi connectivity index (χ4v) is 3.36. The number of rotatable bonds is 7. The van der Waals surface area contributed by atoms with Crippen LogP contribution >= 0.6 is 0 Å². The molecule has 1 aromatic rings.